The molecule has 110 valence electrons. The SMILES string of the molecule is COC(=O)c1nc(C2(OC)CCCCC2)sc1C(C)=O. The summed E-state index contributed by atoms with van der Waals surface area (Å²) in [6.07, 6.45) is 5.05. The van der Waals surface area contributed by atoms with Gasteiger partial charge in [0.05, 0.1) is 7.11 Å². The summed E-state index contributed by atoms with van der Waals surface area (Å²) in [7, 11) is 2.95. The molecule has 0 saturated heterocycles. The molecule has 6 heteroatoms. The highest BCUT2D eigenvalue weighted by Crippen LogP contribution is 2.42. The Morgan fingerprint density at radius 3 is 2.35 bits per heavy atom. The number of methoxy groups -OCH3 is 2. The molecule has 2 rings (SSSR count). The Bertz CT molecular complexity index is 517. The Labute approximate surface area is 122 Å². The molecule has 0 amide bonds. The second kappa shape index (κ2) is 6.01. The van der Waals surface area contributed by atoms with Crippen LogP contribution in [0.15, 0.2) is 0 Å². The monoisotopic (exact) mass is 297 g/mol. The lowest BCUT2D eigenvalue weighted by molar-refractivity contribution is -0.0447. The Hall–Kier alpha value is -1.27. The molecular weight excluding hydrogens is 278 g/mol. The van der Waals surface area contributed by atoms with Gasteiger partial charge in [0.1, 0.15) is 15.5 Å². The van der Waals surface area contributed by atoms with Crippen molar-refractivity contribution in [2.24, 2.45) is 0 Å². The topological polar surface area (TPSA) is 65.5 Å². The first-order valence-electron chi connectivity index (χ1n) is 6.70. The number of Topliss-reactive ketones (excluding diaryl/α,β-unsaturated/α-hetero) is 1. The largest absolute Gasteiger partial charge is 0.464 e. The van der Waals surface area contributed by atoms with Gasteiger partial charge in [-0.1, -0.05) is 19.3 Å². The van der Waals surface area contributed by atoms with Crippen molar-refractivity contribution in [2.75, 3.05) is 14.2 Å². The summed E-state index contributed by atoms with van der Waals surface area (Å²) in [5.74, 6) is -0.740. The molecule has 0 spiro atoms. The number of esters is 1. The summed E-state index contributed by atoms with van der Waals surface area (Å²) < 4.78 is 10.4. The average molecular weight is 297 g/mol. The second-order valence-corrected chi connectivity index (χ2v) is 6.00. The van der Waals surface area contributed by atoms with Crippen molar-refractivity contribution in [3.05, 3.63) is 15.6 Å². The first-order valence-corrected chi connectivity index (χ1v) is 7.51. The highest BCUT2D eigenvalue weighted by molar-refractivity contribution is 7.14. The van der Waals surface area contributed by atoms with Crippen LogP contribution in [0.2, 0.25) is 0 Å². The minimum Gasteiger partial charge on any atom is -0.464 e. The normalized spacial score (nSPS) is 17.8. The van der Waals surface area contributed by atoms with Crippen molar-refractivity contribution in [3.63, 3.8) is 0 Å². The van der Waals surface area contributed by atoms with Gasteiger partial charge in [0.25, 0.3) is 0 Å². The number of thiazole rings is 1. The summed E-state index contributed by atoms with van der Waals surface area (Å²) in [4.78, 5) is 28.2. The Balaban J connectivity index is 2.46. The number of nitrogens with zero attached hydrogens (tertiary/aromatic N) is 1. The molecule has 1 aliphatic rings. The molecule has 1 fully saturated rings. The molecule has 0 N–H and O–H groups in total. The van der Waals surface area contributed by atoms with E-state index in [2.05, 4.69) is 4.98 Å². The Morgan fingerprint density at radius 2 is 1.85 bits per heavy atom. The van der Waals surface area contributed by atoms with Crippen LogP contribution in [-0.4, -0.2) is 31.0 Å². The van der Waals surface area contributed by atoms with E-state index in [9.17, 15) is 9.59 Å². The maximum absolute atomic E-state index is 11.8. The Kier molecular flexibility index (Phi) is 4.55. The van der Waals surface area contributed by atoms with Gasteiger partial charge in [0.15, 0.2) is 11.5 Å². The van der Waals surface area contributed by atoms with Crippen LogP contribution in [0.25, 0.3) is 0 Å². The molecule has 0 bridgehead atoms. The minimum absolute atomic E-state index is 0.113. The standard InChI is InChI=1S/C14H19NO4S/c1-9(16)11-10(12(17)18-2)15-13(20-11)14(19-3)7-5-4-6-8-14/h4-8H2,1-3H3. The third kappa shape index (κ3) is 2.62. The van der Waals surface area contributed by atoms with E-state index < -0.39 is 11.6 Å². The van der Waals surface area contributed by atoms with Gasteiger partial charge in [0, 0.05) is 14.0 Å². The van der Waals surface area contributed by atoms with Crippen LogP contribution in [0.3, 0.4) is 0 Å². The van der Waals surface area contributed by atoms with E-state index in [4.69, 9.17) is 9.47 Å². The number of ketones is 1. The lowest BCUT2D eigenvalue weighted by atomic mass is 9.85. The quantitative estimate of drug-likeness (QED) is 0.631. The third-order valence-corrected chi connectivity index (χ3v) is 5.11. The number of carbonyl (C=O) groups is 2. The number of carbonyl (C=O) groups excluding carboxylic acids is 2. The van der Waals surface area contributed by atoms with Crippen molar-refractivity contribution in [1.29, 1.82) is 0 Å². The van der Waals surface area contributed by atoms with Crippen LogP contribution in [-0.2, 0) is 15.1 Å². The van der Waals surface area contributed by atoms with Crippen LogP contribution in [0.4, 0.5) is 0 Å². The van der Waals surface area contributed by atoms with E-state index in [1.165, 1.54) is 31.8 Å². The maximum atomic E-state index is 11.8. The van der Waals surface area contributed by atoms with Crippen LogP contribution < -0.4 is 0 Å². The molecule has 1 heterocycles. The molecule has 0 atom stereocenters. The molecule has 0 aromatic carbocycles. The minimum atomic E-state index is -0.570. The number of hydrogen-bond donors (Lipinski definition) is 0. The molecule has 0 unspecified atom stereocenters. The highest BCUT2D eigenvalue weighted by atomic mass is 32.1. The van der Waals surface area contributed by atoms with Crippen molar-refractivity contribution in [1.82, 2.24) is 4.98 Å². The van der Waals surface area contributed by atoms with Crippen LogP contribution in [0.1, 0.15) is 64.2 Å². The molecular formula is C14H19NO4S. The van der Waals surface area contributed by atoms with E-state index in [-0.39, 0.29) is 11.5 Å². The van der Waals surface area contributed by atoms with Crippen molar-refractivity contribution in [2.45, 2.75) is 44.6 Å². The summed E-state index contributed by atoms with van der Waals surface area (Å²) in [5.41, 5.74) is -0.346. The van der Waals surface area contributed by atoms with E-state index in [0.29, 0.717) is 9.88 Å². The van der Waals surface area contributed by atoms with Gasteiger partial charge in [-0.05, 0) is 12.8 Å². The van der Waals surface area contributed by atoms with E-state index in [1.54, 1.807) is 7.11 Å². The van der Waals surface area contributed by atoms with Gasteiger partial charge in [-0.3, -0.25) is 4.79 Å². The van der Waals surface area contributed by atoms with E-state index >= 15 is 0 Å². The zero-order valence-corrected chi connectivity index (χ0v) is 12.8. The van der Waals surface area contributed by atoms with Crippen LogP contribution >= 0.6 is 11.3 Å². The van der Waals surface area contributed by atoms with Crippen LogP contribution in [0, 0.1) is 0 Å². The van der Waals surface area contributed by atoms with Gasteiger partial charge >= 0.3 is 5.97 Å². The maximum Gasteiger partial charge on any atom is 0.358 e. The fourth-order valence-corrected chi connectivity index (χ4v) is 3.79. The Morgan fingerprint density at radius 1 is 1.20 bits per heavy atom. The number of rotatable bonds is 4. The second-order valence-electron chi connectivity index (χ2n) is 5.00. The fraction of sp³-hybridized carbons (Fsp3) is 0.643. The van der Waals surface area contributed by atoms with Gasteiger partial charge in [-0.2, -0.15) is 0 Å². The molecule has 1 aromatic heterocycles. The number of aromatic nitrogens is 1. The summed E-state index contributed by atoms with van der Waals surface area (Å²) >= 11 is 1.25. The predicted octanol–water partition coefficient (Wildman–Crippen LogP) is 2.94. The third-order valence-electron chi connectivity index (χ3n) is 3.77. The zero-order chi connectivity index (χ0) is 14.8. The zero-order valence-electron chi connectivity index (χ0n) is 12.0. The van der Waals surface area contributed by atoms with Gasteiger partial charge in [0.2, 0.25) is 0 Å². The highest BCUT2D eigenvalue weighted by Gasteiger charge is 2.39. The average Bonchev–Trinajstić information content (AvgIpc) is 2.93. The molecule has 0 aliphatic heterocycles. The molecule has 0 radical (unpaired) electrons. The van der Waals surface area contributed by atoms with Crippen molar-refractivity contribution in [3.8, 4) is 0 Å². The molecule has 20 heavy (non-hydrogen) atoms. The lowest BCUT2D eigenvalue weighted by Crippen LogP contribution is -2.31. The van der Waals surface area contributed by atoms with Gasteiger partial charge < -0.3 is 9.47 Å². The molecule has 1 aliphatic carbocycles. The fourth-order valence-electron chi connectivity index (χ4n) is 2.62. The molecule has 5 nitrogen and oxygen atoms in total. The van der Waals surface area contributed by atoms with Crippen molar-refractivity contribution < 1.29 is 19.1 Å². The summed E-state index contributed by atoms with van der Waals surface area (Å²) in [6, 6.07) is 0. The molecule has 1 saturated carbocycles. The van der Waals surface area contributed by atoms with Crippen molar-refractivity contribution >= 4 is 23.1 Å². The first-order chi connectivity index (χ1) is 9.54. The van der Waals surface area contributed by atoms with Gasteiger partial charge in [-0.15, -0.1) is 11.3 Å². The number of hydrogen-bond acceptors (Lipinski definition) is 6. The van der Waals surface area contributed by atoms with Gasteiger partial charge in [-0.25, -0.2) is 9.78 Å². The number of ether oxygens (including phenoxy) is 2. The van der Waals surface area contributed by atoms with E-state index in [0.717, 1.165) is 25.7 Å². The lowest BCUT2D eigenvalue weighted by Gasteiger charge is -2.33. The predicted molar refractivity (Wildman–Crippen MR) is 75.2 cm³/mol. The van der Waals surface area contributed by atoms with Crippen LogP contribution in [0.5, 0.6) is 0 Å². The summed E-state index contributed by atoms with van der Waals surface area (Å²) in [5, 5.41) is 0.713. The first kappa shape index (κ1) is 15.1. The smallest absolute Gasteiger partial charge is 0.358 e. The molecule has 1 aromatic rings. The van der Waals surface area contributed by atoms with E-state index in [1.807, 2.05) is 0 Å². The summed E-state index contributed by atoms with van der Waals surface area (Å²) in [6.45, 7) is 1.43.